The molecule has 2 unspecified atom stereocenters. The monoisotopic (exact) mass is 387 g/mol. The summed E-state index contributed by atoms with van der Waals surface area (Å²) >= 11 is 0. The van der Waals surface area contributed by atoms with Crippen molar-refractivity contribution in [2.75, 3.05) is 26.2 Å². The van der Waals surface area contributed by atoms with Gasteiger partial charge in [-0.1, -0.05) is 0 Å². The molecule has 3 aliphatic heterocycles. The molecule has 0 aliphatic carbocycles. The first-order valence-corrected chi connectivity index (χ1v) is 8.70. The highest BCUT2D eigenvalue weighted by Crippen LogP contribution is 2.29. The van der Waals surface area contributed by atoms with Crippen LogP contribution in [0.2, 0.25) is 0 Å². The van der Waals surface area contributed by atoms with E-state index in [0.717, 1.165) is 31.6 Å². The van der Waals surface area contributed by atoms with E-state index in [1.807, 2.05) is 0 Å². The number of pyridine rings is 1. The van der Waals surface area contributed by atoms with Gasteiger partial charge in [0, 0.05) is 32.6 Å². The van der Waals surface area contributed by atoms with Crippen molar-refractivity contribution in [1.82, 2.24) is 14.8 Å². The van der Waals surface area contributed by atoms with E-state index in [1.54, 1.807) is 0 Å². The van der Waals surface area contributed by atoms with Crippen LogP contribution in [0.15, 0.2) is 16.9 Å². The highest BCUT2D eigenvalue weighted by Gasteiger charge is 2.38. The molecule has 10 heteroatoms. The highest BCUT2D eigenvalue weighted by atomic mass is 19.4. The van der Waals surface area contributed by atoms with E-state index in [-0.39, 0.29) is 25.3 Å². The molecule has 0 aromatic carbocycles. The van der Waals surface area contributed by atoms with Crippen molar-refractivity contribution in [3.05, 3.63) is 33.7 Å². The lowest BCUT2D eigenvalue weighted by atomic mass is 9.99. The van der Waals surface area contributed by atoms with Crippen LogP contribution in [0, 0.1) is 0 Å². The second-order valence-corrected chi connectivity index (χ2v) is 6.69. The maximum atomic E-state index is 13.3. The summed E-state index contributed by atoms with van der Waals surface area (Å²) in [6, 6.07) is 1.57. The van der Waals surface area contributed by atoms with Crippen molar-refractivity contribution in [2.24, 2.45) is 0 Å². The summed E-state index contributed by atoms with van der Waals surface area (Å²) in [5.41, 5.74) is -2.53. The fraction of sp³-hybridized carbons (Fsp3) is 0.588. The minimum Gasteiger partial charge on any atom is -0.372 e. The molecule has 4 heterocycles. The Morgan fingerprint density at radius 3 is 2.52 bits per heavy atom. The molecule has 27 heavy (non-hydrogen) atoms. The number of morpholine rings is 1. The summed E-state index contributed by atoms with van der Waals surface area (Å²) in [6.07, 6.45) is -2.54. The van der Waals surface area contributed by atoms with Crippen LogP contribution >= 0.6 is 0 Å². The van der Waals surface area contributed by atoms with E-state index in [1.165, 1.54) is 0 Å². The minimum absolute atomic E-state index is 0.158. The van der Waals surface area contributed by atoms with Gasteiger partial charge in [-0.3, -0.25) is 14.5 Å². The third-order valence-corrected chi connectivity index (χ3v) is 4.75. The molecule has 1 aromatic rings. The molecule has 2 atom stereocenters. The number of hydrogen-bond acceptors (Lipinski definition) is 5. The number of ether oxygens (including phenoxy) is 1. The Labute approximate surface area is 153 Å². The predicted molar refractivity (Wildman–Crippen MR) is 88.4 cm³/mol. The summed E-state index contributed by atoms with van der Waals surface area (Å²) in [4.78, 5) is 36.8. The number of hydrogen-bond donors (Lipinski definition) is 1. The first kappa shape index (κ1) is 19.6. The summed E-state index contributed by atoms with van der Waals surface area (Å²) in [5.74, 6) is -0.872. The van der Waals surface area contributed by atoms with Crippen LogP contribution < -0.4 is 10.9 Å². The van der Waals surface area contributed by atoms with Gasteiger partial charge < -0.3 is 19.4 Å². The topological polar surface area (TPSA) is 80.6 Å². The molecule has 3 saturated heterocycles. The Morgan fingerprint density at radius 2 is 1.93 bits per heavy atom. The van der Waals surface area contributed by atoms with Gasteiger partial charge in [-0.05, 0) is 18.6 Å². The van der Waals surface area contributed by atoms with Crippen LogP contribution in [-0.4, -0.2) is 60.0 Å². The zero-order valence-electron chi connectivity index (χ0n) is 14.5. The lowest BCUT2D eigenvalue weighted by Crippen LogP contribution is -2.57. The fourth-order valence-electron chi connectivity index (χ4n) is 3.53. The average molecular weight is 387 g/mol. The van der Waals surface area contributed by atoms with Crippen LogP contribution in [0.3, 0.4) is 0 Å². The molecule has 3 fully saturated rings. The highest BCUT2D eigenvalue weighted by molar-refractivity contribution is 5.94. The molecule has 0 radical (unpaired) electrons. The lowest BCUT2D eigenvalue weighted by Gasteiger charge is -2.47. The molecule has 0 saturated carbocycles. The first-order chi connectivity index (χ1) is 12.8. The molecule has 1 amide bonds. The van der Waals surface area contributed by atoms with Crippen LogP contribution in [0.25, 0.3) is 0 Å². The fourth-order valence-corrected chi connectivity index (χ4v) is 3.53. The van der Waals surface area contributed by atoms with Gasteiger partial charge in [0.25, 0.3) is 11.5 Å². The van der Waals surface area contributed by atoms with Crippen molar-refractivity contribution in [3.63, 3.8) is 0 Å². The number of nitrogens with one attached hydrogen (secondary N) is 1. The van der Waals surface area contributed by atoms with Gasteiger partial charge in [-0.15, -0.1) is 0 Å². The van der Waals surface area contributed by atoms with Gasteiger partial charge in [0.2, 0.25) is 0 Å². The standard InChI is InChI=1S/C17H20F3N3O4/c18-17(19,20)14-3-2-13(15(25)21-4-7-24)16(26)23(14)6-1-5-22-9-11-8-12(10-22)27-11/h2-3,7,11-12H,1,4-6,8-10H2,(H,21,25). The number of aldehydes is 1. The Hall–Kier alpha value is -2.20. The van der Waals surface area contributed by atoms with Gasteiger partial charge in [0.15, 0.2) is 0 Å². The van der Waals surface area contributed by atoms with Gasteiger partial charge in [0.1, 0.15) is 17.5 Å². The van der Waals surface area contributed by atoms with Crippen LogP contribution in [0.1, 0.15) is 28.9 Å². The largest absolute Gasteiger partial charge is 0.431 e. The van der Waals surface area contributed by atoms with Crippen molar-refractivity contribution >= 4 is 12.2 Å². The Balaban J connectivity index is 1.74. The Bertz CT molecular complexity index is 762. The van der Waals surface area contributed by atoms with Gasteiger partial charge in [0.05, 0.1) is 18.8 Å². The minimum atomic E-state index is -4.71. The second-order valence-electron chi connectivity index (χ2n) is 6.69. The first-order valence-electron chi connectivity index (χ1n) is 8.70. The molecule has 7 nitrogen and oxygen atoms in total. The third-order valence-electron chi connectivity index (χ3n) is 4.75. The summed E-state index contributed by atoms with van der Waals surface area (Å²) in [6.45, 7) is 1.55. The van der Waals surface area contributed by atoms with Gasteiger partial charge in [-0.2, -0.15) is 13.2 Å². The van der Waals surface area contributed by atoms with Gasteiger partial charge >= 0.3 is 6.18 Å². The predicted octanol–water partition coefficient (Wildman–Crippen LogP) is 0.659. The summed E-state index contributed by atoms with van der Waals surface area (Å²) < 4.78 is 45.9. The van der Waals surface area contributed by atoms with Crippen LogP contribution in [-0.2, 0) is 22.3 Å². The van der Waals surface area contributed by atoms with E-state index >= 15 is 0 Å². The number of carbonyl (C=O) groups is 2. The van der Waals surface area contributed by atoms with E-state index in [4.69, 9.17) is 4.74 Å². The number of amides is 1. The number of piperidine rings is 1. The van der Waals surface area contributed by atoms with E-state index in [2.05, 4.69) is 10.2 Å². The van der Waals surface area contributed by atoms with Crippen molar-refractivity contribution in [1.29, 1.82) is 0 Å². The van der Waals surface area contributed by atoms with Crippen molar-refractivity contribution < 1.29 is 27.5 Å². The number of aromatic nitrogens is 1. The SMILES string of the molecule is O=CCNC(=O)c1ccc(C(F)(F)F)n(CCCN2CC3CC(C2)O3)c1=O. The Kier molecular flexibility index (Phi) is 5.66. The van der Waals surface area contributed by atoms with Crippen LogP contribution in [0.4, 0.5) is 13.2 Å². The van der Waals surface area contributed by atoms with Gasteiger partial charge in [-0.25, -0.2) is 0 Å². The number of alkyl halides is 3. The molecule has 0 spiro atoms. The Morgan fingerprint density at radius 1 is 1.26 bits per heavy atom. The zero-order valence-corrected chi connectivity index (χ0v) is 14.5. The second kappa shape index (κ2) is 7.81. The smallest absolute Gasteiger partial charge is 0.372 e. The molecule has 4 rings (SSSR count). The molecular formula is C17H20F3N3O4. The maximum Gasteiger partial charge on any atom is 0.431 e. The molecule has 1 N–H and O–H groups in total. The number of rotatable bonds is 7. The number of halogens is 3. The van der Waals surface area contributed by atoms with E-state index in [0.29, 0.717) is 23.8 Å². The van der Waals surface area contributed by atoms with Crippen molar-refractivity contribution in [3.8, 4) is 0 Å². The summed E-state index contributed by atoms with van der Waals surface area (Å²) in [7, 11) is 0. The maximum absolute atomic E-state index is 13.3. The number of nitrogens with zero attached hydrogens (tertiary/aromatic N) is 2. The lowest BCUT2D eigenvalue weighted by molar-refractivity contribution is -0.180. The normalized spacial score (nSPS) is 22.2. The molecule has 148 valence electrons. The number of carbonyl (C=O) groups excluding carboxylic acids is 2. The van der Waals surface area contributed by atoms with Crippen LogP contribution in [0.5, 0.6) is 0 Å². The quantitative estimate of drug-likeness (QED) is 0.696. The third kappa shape index (κ3) is 4.38. The van der Waals surface area contributed by atoms with E-state index in [9.17, 15) is 27.6 Å². The summed E-state index contributed by atoms with van der Waals surface area (Å²) in [5, 5.41) is 2.17. The number of fused-ring (bicyclic) bond motifs is 2. The molecule has 3 aliphatic rings. The molecule has 2 bridgehead atoms. The van der Waals surface area contributed by atoms with E-state index < -0.39 is 28.9 Å². The molecular weight excluding hydrogens is 367 g/mol. The average Bonchev–Trinajstić information content (AvgIpc) is 2.59. The molecule has 1 aromatic heterocycles. The zero-order chi connectivity index (χ0) is 19.6. The van der Waals surface area contributed by atoms with Crippen molar-refractivity contribution in [2.45, 2.75) is 37.8 Å².